The monoisotopic (exact) mass is 294 g/mol. The van der Waals surface area contributed by atoms with Crippen LogP contribution >= 0.6 is 0 Å². The highest BCUT2D eigenvalue weighted by atomic mass is 19.2. The van der Waals surface area contributed by atoms with Crippen LogP contribution in [0.2, 0.25) is 0 Å². The zero-order chi connectivity index (χ0) is 15.0. The average Bonchev–Trinajstić information content (AvgIpc) is 3.01. The largest absolute Gasteiger partial charge is 0.481 e. The van der Waals surface area contributed by atoms with E-state index in [4.69, 9.17) is 5.11 Å². The lowest BCUT2D eigenvalue weighted by Gasteiger charge is -2.25. The molecule has 0 radical (unpaired) electrons. The molecule has 6 heteroatoms. The number of nitrogens with zero attached hydrogens (tertiary/aromatic N) is 1. The van der Waals surface area contributed by atoms with Crippen LogP contribution in [0.25, 0.3) is 11.0 Å². The first-order valence-corrected chi connectivity index (χ1v) is 7.03. The van der Waals surface area contributed by atoms with Crippen molar-refractivity contribution in [3.05, 3.63) is 29.6 Å². The smallest absolute Gasteiger partial charge is 0.303 e. The summed E-state index contributed by atoms with van der Waals surface area (Å²) in [5.41, 5.74) is 0.0928. The topological polar surface area (TPSA) is 66.0 Å². The maximum Gasteiger partial charge on any atom is 0.303 e. The van der Waals surface area contributed by atoms with E-state index in [9.17, 15) is 13.6 Å². The van der Waals surface area contributed by atoms with Gasteiger partial charge in [-0.15, -0.1) is 0 Å². The van der Waals surface area contributed by atoms with Crippen molar-refractivity contribution in [3.63, 3.8) is 0 Å². The zero-order valence-corrected chi connectivity index (χ0v) is 11.5. The fourth-order valence-electron chi connectivity index (χ4n) is 3.37. The molecule has 0 bridgehead atoms. The number of hydrogen-bond donors (Lipinski definition) is 2. The molecule has 2 aromatic rings. The van der Waals surface area contributed by atoms with Gasteiger partial charge in [0.25, 0.3) is 0 Å². The third-order valence-electron chi connectivity index (χ3n) is 4.33. The van der Waals surface area contributed by atoms with Crippen LogP contribution in [-0.2, 0) is 11.2 Å². The minimum absolute atomic E-state index is 0.0199. The van der Waals surface area contributed by atoms with Gasteiger partial charge in [0.05, 0.1) is 11.9 Å². The molecule has 0 aliphatic heterocycles. The van der Waals surface area contributed by atoms with E-state index in [0.29, 0.717) is 17.8 Å². The molecule has 21 heavy (non-hydrogen) atoms. The van der Waals surface area contributed by atoms with Gasteiger partial charge < -0.3 is 10.1 Å². The highest BCUT2D eigenvalue weighted by molar-refractivity contribution is 5.75. The third kappa shape index (κ3) is 2.62. The zero-order valence-electron chi connectivity index (χ0n) is 11.5. The Bertz CT molecular complexity index is 690. The van der Waals surface area contributed by atoms with Gasteiger partial charge in [0.1, 0.15) is 11.3 Å². The van der Waals surface area contributed by atoms with E-state index in [1.54, 1.807) is 0 Å². The van der Waals surface area contributed by atoms with Crippen LogP contribution in [0.4, 0.5) is 8.78 Å². The Morgan fingerprint density at radius 2 is 2.05 bits per heavy atom. The van der Waals surface area contributed by atoms with Crippen LogP contribution < -0.4 is 0 Å². The first-order valence-electron chi connectivity index (χ1n) is 7.03. The fraction of sp³-hybridized carbons (Fsp3) is 0.467. The summed E-state index contributed by atoms with van der Waals surface area (Å²) < 4.78 is 26.9. The fourth-order valence-corrected chi connectivity index (χ4v) is 3.37. The van der Waals surface area contributed by atoms with Crippen LogP contribution in [0.5, 0.6) is 0 Å². The van der Waals surface area contributed by atoms with Crippen molar-refractivity contribution in [2.75, 3.05) is 0 Å². The number of rotatable bonds is 4. The highest BCUT2D eigenvalue weighted by Gasteiger charge is 2.37. The number of aromatic nitrogens is 2. The normalized spacial score (nSPS) is 17.4. The minimum atomic E-state index is -0.964. The molecule has 1 aromatic carbocycles. The number of fused-ring (bicyclic) bond motifs is 1. The van der Waals surface area contributed by atoms with Crippen molar-refractivity contribution >= 4 is 17.0 Å². The summed E-state index contributed by atoms with van der Waals surface area (Å²) in [5, 5.41) is 9.10. The lowest BCUT2D eigenvalue weighted by Crippen LogP contribution is -2.24. The van der Waals surface area contributed by atoms with Gasteiger partial charge in [-0.2, -0.15) is 0 Å². The summed E-state index contributed by atoms with van der Waals surface area (Å²) >= 11 is 0. The molecule has 0 amide bonds. The van der Waals surface area contributed by atoms with Gasteiger partial charge in [0.2, 0.25) is 0 Å². The lowest BCUT2D eigenvalue weighted by atomic mass is 9.79. The van der Waals surface area contributed by atoms with E-state index < -0.39 is 17.6 Å². The molecule has 0 unspecified atom stereocenters. The summed E-state index contributed by atoms with van der Waals surface area (Å²) in [6, 6.07) is 2.50. The molecule has 1 aromatic heterocycles. The summed E-state index contributed by atoms with van der Waals surface area (Å²) in [6.07, 6.45) is 4.18. The number of aliphatic carboxylic acids is 1. The van der Waals surface area contributed by atoms with Crippen molar-refractivity contribution in [3.8, 4) is 0 Å². The Morgan fingerprint density at radius 1 is 1.33 bits per heavy atom. The number of carbonyl (C=O) groups is 1. The van der Waals surface area contributed by atoms with Crippen molar-refractivity contribution in [2.24, 2.45) is 5.41 Å². The number of hydrogen-bond acceptors (Lipinski definition) is 2. The first kappa shape index (κ1) is 14.0. The number of carboxylic acids is 1. The number of imidazole rings is 1. The average molecular weight is 294 g/mol. The van der Waals surface area contributed by atoms with Crippen molar-refractivity contribution in [2.45, 2.75) is 38.5 Å². The standard InChI is InChI=1S/C15H16F2N2O2/c16-9-3-4-10-14(13(9)17)19-11(18-10)7-15(8-12(20)21)5-1-2-6-15/h3-4H,1-2,5-8H2,(H,18,19)(H,20,21). The van der Waals surface area contributed by atoms with Crippen LogP contribution in [0.15, 0.2) is 12.1 Å². The molecule has 2 N–H and O–H groups in total. The highest BCUT2D eigenvalue weighted by Crippen LogP contribution is 2.43. The molecule has 0 spiro atoms. The Balaban J connectivity index is 1.93. The summed E-state index contributed by atoms with van der Waals surface area (Å²) in [7, 11) is 0. The van der Waals surface area contributed by atoms with Crippen molar-refractivity contribution < 1.29 is 18.7 Å². The van der Waals surface area contributed by atoms with Gasteiger partial charge in [-0.25, -0.2) is 13.8 Å². The van der Waals surface area contributed by atoms with Crippen molar-refractivity contribution in [1.29, 1.82) is 0 Å². The molecular weight excluding hydrogens is 278 g/mol. The third-order valence-corrected chi connectivity index (χ3v) is 4.33. The Kier molecular flexibility index (Phi) is 3.39. The van der Waals surface area contributed by atoms with Gasteiger partial charge >= 0.3 is 5.97 Å². The Labute approximate surface area is 120 Å². The quantitative estimate of drug-likeness (QED) is 0.908. The van der Waals surface area contributed by atoms with Crippen LogP contribution in [0.3, 0.4) is 0 Å². The summed E-state index contributed by atoms with van der Waals surface area (Å²) in [6.45, 7) is 0. The molecule has 4 nitrogen and oxygen atoms in total. The van der Waals surface area contributed by atoms with Crippen molar-refractivity contribution in [1.82, 2.24) is 9.97 Å². The second kappa shape index (κ2) is 5.09. The number of H-pyrrole nitrogens is 1. The Morgan fingerprint density at radius 3 is 2.71 bits per heavy atom. The van der Waals surface area contributed by atoms with E-state index in [0.717, 1.165) is 31.7 Å². The van der Waals surface area contributed by atoms with Crippen LogP contribution in [0.1, 0.15) is 37.9 Å². The minimum Gasteiger partial charge on any atom is -0.481 e. The Hall–Kier alpha value is -1.98. The SMILES string of the molecule is O=C(O)CC1(Cc2nc3c(F)c(F)ccc3[nH]2)CCCC1. The lowest BCUT2D eigenvalue weighted by molar-refractivity contribution is -0.139. The molecule has 112 valence electrons. The van der Waals surface area contributed by atoms with Crippen LogP contribution in [-0.4, -0.2) is 21.0 Å². The second-order valence-corrected chi connectivity index (χ2v) is 5.90. The second-order valence-electron chi connectivity index (χ2n) is 5.90. The molecular formula is C15H16F2N2O2. The maximum atomic E-state index is 13.7. The van der Waals surface area contributed by atoms with Crippen LogP contribution in [0, 0.1) is 17.0 Å². The molecule has 1 saturated carbocycles. The van der Waals surface area contributed by atoms with Gasteiger partial charge in [-0.3, -0.25) is 4.79 Å². The molecule has 1 fully saturated rings. The molecule has 3 rings (SSSR count). The summed E-state index contributed by atoms with van der Waals surface area (Å²) in [4.78, 5) is 18.2. The predicted octanol–water partition coefficient (Wildman–Crippen LogP) is 3.42. The number of aromatic amines is 1. The molecule has 0 saturated heterocycles. The van der Waals surface area contributed by atoms with E-state index in [2.05, 4.69) is 9.97 Å². The number of carboxylic acid groups (broad SMARTS) is 1. The summed E-state index contributed by atoms with van der Waals surface area (Å²) in [5.74, 6) is -2.20. The predicted molar refractivity (Wildman–Crippen MR) is 72.9 cm³/mol. The molecule has 0 atom stereocenters. The number of halogens is 2. The number of nitrogens with one attached hydrogen (secondary N) is 1. The van der Waals surface area contributed by atoms with Gasteiger partial charge in [-0.1, -0.05) is 12.8 Å². The van der Waals surface area contributed by atoms with Gasteiger partial charge in [0, 0.05) is 6.42 Å². The molecule has 1 aliphatic carbocycles. The maximum absolute atomic E-state index is 13.7. The molecule has 1 heterocycles. The van der Waals surface area contributed by atoms with Gasteiger partial charge in [0.15, 0.2) is 11.6 Å². The number of benzene rings is 1. The van der Waals surface area contributed by atoms with E-state index in [-0.39, 0.29) is 17.4 Å². The first-order chi connectivity index (χ1) is 9.99. The van der Waals surface area contributed by atoms with E-state index in [1.165, 1.54) is 6.07 Å². The van der Waals surface area contributed by atoms with E-state index in [1.807, 2.05) is 0 Å². The van der Waals surface area contributed by atoms with Gasteiger partial charge in [-0.05, 0) is 30.4 Å². The molecule has 1 aliphatic rings. The van der Waals surface area contributed by atoms with E-state index >= 15 is 0 Å².